The van der Waals surface area contributed by atoms with Crippen LogP contribution in [0.15, 0.2) is 60.7 Å². The predicted octanol–water partition coefficient (Wildman–Crippen LogP) is 4.27. The van der Waals surface area contributed by atoms with Crippen molar-refractivity contribution in [2.45, 2.75) is 50.5 Å². The van der Waals surface area contributed by atoms with Gasteiger partial charge in [0.2, 0.25) is 5.91 Å². The van der Waals surface area contributed by atoms with Crippen LogP contribution in [0.3, 0.4) is 0 Å². The van der Waals surface area contributed by atoms with E-state index >= 15 is 0 Å². The van der Waals surface area contributed by atoms with Crippen LogP contribution in [0.2, 0.25) is 0 Å². The van der Waals surface area contributed by atoms with Crippen LogP contribution in [0, 0.1) is 5.92 Å². The molecule has 1 aliphatic rings. The Bertz CT molecular complexity index is 626. The minimum absolute atomic E-state index is 0.00225. The lowest BCUT2D eigenvalue weighted by Crippen LogP contribution is -2.37. The minimum atomic E-state index is -0.425. The van der Waals surface area contributed by atoms with Crippen LogP contribution in [0.1, 0.15) is 55.6 Å². The molecule has 138 valence electrons. The molecular weight excluding hydrogens is 322 g/mol. The minimum Gasteiger partial charge on any atom is -0.391 e. The Morgan fingerprint density at radius 3 is 2.00 bits per heavy atom. The average Bonchev–Trinajstić information content (AvgIpc) is 2.72. The van der Waals surface area contributed by atoms with Crippen LogP contribution in [-0.2, 0) is 4.79 Å². The van der Waals surface area contributed by atoms with Gasteiger partial charge in [0.15, 0.2) is 0 Å². The molecule has 3 rings (SSSR count). The maximum atomic E-state index is 12.6. The summed E-state index contributed by atoms with van der Waals surface area (Å²) in [7, 11) is 0. The van der Waals surface area contributed by atoms with Crippen LogP contribution in [0.25, 0.3) is 0 Å². The number of hydrogen-bond donors (Lipinski definition) is 2. The largest absolute Gasteiger partial charge is 0.391 e. The number of hydrogen-bond acceptors (Lipinski definition) is 2. The van der Waals surface area contributed by atoms with Crippen molar-refractivity contribution in [1.82, 2.24) is 5.32 Å². The third-order valence-electron chi connectivity index (χ3n) is 5.50. The van der Waals surface area contributed by atoms with E-state index in [1.54, 1.807) is 0 Å². The van der Waals surface area contributed by atoms with E-state index in [2.05, 4.69) is 29.6 Å². The molecule has 0 bridgehead atoms. The van der Waals surface area contributed by atoms with Gasteiger partial charge in [-0.2, -0.15) is 0 Å². The molecule has 1 fully saturated rings. The zero-order valence-corrected chi connectivity index (χ0v) is 15.3. The number of benzene rings is 2. The number of carbonyl (C=O) groups is 1. The first-order valence-corrected chi connectivity index (χ1v) is 9.78. The third-order valence-corrected chi connectivity index (χ3v) is 5.50. The van der Waals surface area contributed by atoms with Crippen LogP contribution in [0.5, 0.6) is 0 Å². The Balaban J connectivity index is 1.60. The van der Waals surface area contributed by atoms with E-state index in [1.807, 2.05) is 36.4 Å². The van der Waals surface area contributed by atoms with Gasteiger partial charge in [0, 0.05) is 18.9 Å². The van der Waals surface area contributed by atoms with Crippen molar-refractivity contribution in [2.24, 2.45) is 5.92 Å². The van der Waals surface area contributed by atoms with Crippen molar-refractivity contribution in [3.63, 3.8) is 0 Å². The second kappa shape index (κ2) is 9.54. The molecule has 26 heavy (non-hydrogen) atoms. The molecule has 0 heterocycles. The van der Waals surface area contributed by atoms with Crippen molar-refractivity contribution in [3.8, 4) is 0 Å². The first-order valence-electron chi connectivity index (χ1n) is 9.78. The Kier molecular flexibility index (Phi) is 6.84. The molecule has 0 aromatic heterocycles. The van der Waals surface area contributed by atoms with Crippen LogP contribution in [0.4, 0.5) is 0 Å². The number of rotatable bonds is 7. The third kappa shape index (κ3) is 5.18. The number of amides is 1. The molecule has 1 atom stereocenters. The molecule has 0 spiro atoms. The van der Waals surface area contributed by atoms with Gasteiger partial charge in [0.05, 0.1) is 6.10 Å². The summed E-state index contributed by atoms with van der Waals surface area (Å²) in [5, 5.41) is 13.3. The molecule has 0 aliphatic heterocycles. The van der Waals surface area contributed by atoms with E-state index in [0.29, 0.717) is 18.9 Å². The Morgan fingerprint density at radius 1 is 0.923 bits per heavy atom. The van der Waals surface area contributed by atoms with Gasteiger partial charge in [0.25, 0.3) is 0 Å². The molecule has 0 saturated heterocycles. The van der Waals surface area contributed by atoms with Gasteiger partial charge in [0.1, 0.15) is 0 Å². The SMILES string of the molecule is O=C(CC(c1ccccc1)c1ccccc1)NC[C@H](O)C1CCCCC1. The molecule has 3 heteroatoms. The van der Waals surface area contributed by atoms with Crippen LogP contribution >= 0.6 is 0 Å². The van der Waals surface area contributed by atoms with Crippen molar-refractivity contribution in [3.05, 3.63) is 71.8 Å². The molecule has 1 amide bonds. The lowest BCUT2D eigenvalue weighted by atomic mass is 9.85. The van der Waals surface area contributed by atoms with Gasteiger partial charge in [-0.15, -0.1) is 0 Å². The first-order chi connectivity index (χ1) is 12.7. The fraction of sp³-hybridized carbons (Fsp3) is 0.435. The van der Waals surface area contributed by atoms with Gasteiger partial charge in [-0.05, 0) is 29.9 Å². The van der Waals surface area contributed by atoms with E-state index in [-0.39, 0.29) is 11.8 Å². The molecule has 0 radical (unpaired) electrons. The highest BCUT2D eigenvalue weighted by Crippen LogP contribution is 2.28. The van der Waals surface area contributed by atoms with Crippen LogP contribution < -0.4 is 5.32 Å². The molecule has 2 N–H and O–H groups in total. The van der Waals surface area contributed by atoms with Crippen molar-refractivity contribution in [2.75, 3.05) is 6.54 Å². The second-order valence-corrected chi connectivity index (χ2v) is 7.35. The highest BCUT2D eigenvalue weighted by atomic mass is 16.3. The fourth-order valence-electron chi connectivity index (χ4n) is 3.96. The molecule has 1 aliphatic carbocycles. The molecular formula is C23H29NO2. The highest BCUT2D eigenvalue weighted by Gasteiger charge is 2.23. The number of aliphatic hydroxyl groups excluding tert-OH is 1. The number of nitrogens with one attached hydrogen (secondary N) is 1. The average molecular weight is 351 g/mol. The van der Waals surface area contributed by atoms with E-state index in [4.69, 9.17) is 0 Å². The Morgan fingerprint density at radius 2 is 1.46 bits per heavy atom. The van der Waals surface area contributed by atoms with E-state index in [9.17, 15) is 9.90 Å². The Hall–Kier alpha value is -2.13. The van der Waals surface area contributed by atoms with Gasteiger partial charge in [-0.3, -0.25) is 4.79 Å². The normalized spacial score (nSPS) is 16.4. The van der Waals surface area contributed by atoms with Crippen molar-refractivity contribution in [1.29, 1.82) is 0 Å². The summed E-state index contributed by atoms with van der Waals surface area (Å²) in [6.45, 7) is 0.361. The maximum absolute atomic E-state index is 12.6. The monoisotopic (exact) mass is 351 g/mol. The summed E-state index contributed by atoms with van der Waals surface area (Å²) in [5.41, 5.74) is 2.28. The van der Waals surface area contributed by atoms with Crippen LogP contribution in [-0.4, -0.2) is 23.7 Å². The van der Waals surface area contributed by atoms with Gasteiger partial charge in [-0.25, -0.2) is 0 Å². The highest BCUT2D eigenvalue weighted by molar-refractivity contribution is 5.77. The summed E-state index contributed by atoms with van der Waals surface area (Å²) in [6, 6.07) is 20.3. The topological polar surface area (TPSA) is 49.3 Å². The summed E-state index contributed by atoms with van der Waals surface area (Å²) >= 11 is 0. The maximum Gasteiger partial charge on any atom is 0.221 e. The summed E-state index contributed by atoms with van der Waals surface area (Å²) < 4.78 is 0. The summed E-state index contributed by atoms with van der Waals surface area (Å²) in [5.74, 6) is 0.366. The molecule has 3 nitrogen and oxygen atoms in total. The lowest BCUT2D eigenvalue weighted by molar-refractivity contribution is -0.122. The molecule has 2 aromatic rings. The zero-order chi connectivity index (χ0) is 18.2. The first kappa shape index (κ1) is 18.7. The molecule has 1 saturated carbocycles. The fourth-order valence-corrected chi connectivity index (χ4v) is 3.96. The molecule has 0 unspecified atom stereocenters. The summed E-state index contributed by atoms with van der Waals surface area (Å²) in [6.07, 6.45) is 5.78. The molecule has 2 aromatic carbocycles. The van der Waals surface area contributed by atoms with Gasteiger partial charge in [-0.1, -0.05) is 79.9 Å². The van der Waals surface area contributed by atoms with Crippen molar-refractivity contribution >= 4 is 5.91 Å². The standard InChI is InChI=1S/C23H29NO2/c25-22(20-14-8-3-9-15-20)17-24-23(26)16-21(18-10-4-1-5-11-18)19-12-6-2-7-13-19/h1-2,4-7,10-13,20-22,25H,3,8-9,14-17H2,(H,24,26)/t22-/m0/s1. The summed E-state index contributed by atoms with van der Waals surface area (Å²) in [4.78, 5) is 12.6. The zero-order valence-electron chi connectivity index (χ0n) is 15.3. The van der Waals surface area contributed by atoms with E-state index < -0.39 is 6.10 Å². The predicted molar refractivity (Wildman–Crippen MR) is 105 cm³/mol. The quantitative estimate of drug-likeness (QED) is 0.783. The van der Waals surface area contributed by atoms with Gasteiger partial charge < -0.3 is 10.4 Å². The Labute approximate surface area is 156 Å². The van der Waals surface area contributed by atoms with E-state index in [0.717, 1.165) is 24.0 Å². The van der Waals surface area contributed by atoms with Gasteiger partial charge >= 0.3 is 0 Å². The smallest absolute Gasteiger partial charge is 0.221 e. The van der Waals surface area contributed by atoms with Crippen molar-refractivity contribution < 1.29 is 9.90 Å². The van der Waals surface area contributed by atoms with E-state index in [1.165, 1.54) is 19.3 Å². The lowest BCUT2D eigenvalue weighted by Gasteiger charge is -2.27. The number of aliphatic hydroxyl groups is 1. The number of carbonyl (C=O) groups excluding carboxylic acids is 1. The second-order valence-electron chi connectivity index (χ2n) is 7.35.